The van der Waals surface area contributed by atoms with E-state index in [1.165, 1.54) is 17.8 Å². The van der Waals surface area contributed by atoms with Gasteiger partial charge in [0, 0.05) is 12.6 Å². The second kappa shape index (κ2) is 7.42. The van der Waals surface area contributed by atoms with Crippen LogP contribution in [0.3, 0.4) is 0 Å². The monoisotopic (exact) mass is 391 g/mol. The highest BCUT2D eigenvalue weighted by Crippen LogP contribution is 2.39. The van der Waals surface area contributed by atoms with Crippen LogP contribution in [0.1, 0.15) is 29.6 Å². The number of hydrogen-bond acceptors (Lipinski definition) is 4. The lowest BCUT2D eigenvalue weighted by Gasteiger charge is -2.20. The molecule has 2 amide bonds. The molecule has 0 aromatic heterocycles. The summed E-state index contributed by atoms with van der Waals surface area (Å²) >= 11 is 1.35. The van der Waals surface area contributed by atoms with Crippen LogP contribution < -0.4 is 10.6 Å². The van der Waals surface area contributed by atoms with Gasteiger partial charge in [-0.15, -0.1) is 0 Å². The van der Waals surface area contributed by atoms with Gasteiger partial charge in [0.05, 0.1) is 5.25 Å². The third-order valence-electron chi connectivity index (χ3n) is 5.21. The Morgan fingerprint density at radius 2 is 2.00 bits per heavy atom. The summed E-state index contributed by atoms with van der Waals surface area (Å²) in [5.74, 6) is -1.76. The van der Waals surface area contributed by atoms with E-state index >= 15 is 0 Å². The highest BCUT2D eigenvalue weighted by molar-refractivity contribution is 8.15. The number of hydrogen-bond donors (Lipinski definition) is 2. The number of benzene rings is 1. The van der Waals surface area contributed by atoms with E-state index in [9.17, 15) is 18.4 Å². The lowest BCUT2D eigenvalue weighted by atomic mass is 10.0. The summed E-state index contributed by atoms with van der Waals surface area (Å²) in [4.78, 5) is 28.1. The number of carbonyl (C=O) groups is 2. The molecule has 0 spiro atoms. The fraction of sp³-hybridized carbons (Fsp3) is 0.421. The molecule has 1 saturated carbocycles. The number of rotatable bonds is 5. The predicted octanol–water partition coefficient (Wildman–Crippen LogP) is 2.64. The Kier molecular flexibility index (Phi) is 4.99. The molecule has 1 aliphatic heterocycles. The molecule has 2 aliphatic carbocycles. The third kappa shape index (κ3) is 3.76. The third-order valence-corrected chi connectivity index (χ3v) is 6.36. The number of halogens is 2. The molecule has 5 nitrogen and oxygen atoms in total. The smallest absolute Gasteiger partial charge is 0.261 e. The van der Waals surface area contributed by atoms with Crippen LogP contribution >= 0.6 is 11.8 Å². The van der Waals surface area contributed by atoms with Crippen LogP contribution in [0.25, 0.3) is 0 Å². The molecule has 1 fully saturated rings. The molecule has 4 atom stereocenters. The van der Waals surface area contributed by atoms with Crippen molar-refractivity contribution < 1.29 is 18.4 Å². The molecule has 0 radical (unpaired) electrons. The summed E-state index contributed by atoms with van der Waals surface area (Å²) in [6.07, 6.45) is 7.04. The van der Waals surface area contributed by atoms with E-state index in [2.05, 4.69) is 27.8 Å². The average molecular weight is 391 g/mol. The first-order valence-electron chi connectivity index (χ1n) is 8.97. The lowest BCUT2D eigenvalue weighted by molar-refractivity contribution is -0.117. The molecule has 8 heteroatoms. The highest BCUT2D eigenvalue weighted by Gasteiger charge is 2.38. The normalized spacial score (nSPS) is 28.5. The number of nitrogens with one attached hydrogen (secondary N) is 2. The second-order valence-corrected chi connectivity index (χ2v) is 8.23. The first-order valence-corrected chi connectivity index (χ1v) is 9.85. The van der Waals surface area contributed by atoms with Gasteiger partial charge in [0.25, 0.3) is 11.8 Å². The Bertz CT molecular complexity index is 822. The van der Waals surface area contributed by atoms with Crippen molar-refractivity contribution in [1.82, 2.24) is 10.6 Å². The van der Waals surface area contributed by atoms with Gasteiger partial charge in [0.15, 0.2) is 5.17 Å². The van der Waals surface area contributed by atoms with Gasteiger partial charge in [-0.3, -0.25) is 9.59 Å². The molecule has 1 heterocycles. The molecule has 4 rings (SSSR count). The molecule has 3 aliphatic rings. The zero-order chi connectivity index (χ0) is 19.0. The van der Waals surface area contributed by atoms with Crippen molar-refractivity contribution in [2.75, 3.05) is 6.54 Å². The maximum absolute atomic E-state index is 13.6. The van der Waals surface area contributed by atoms with E-state index < -0.39 is 28.4 Å². The maximum atomic E-state index is 13.6. The van der Waals surface area contributed by atoms with Gasteiger partial charge < -0.3 is 10.6 Å². The van der Waals surface area contributed by atoms with E-state index in [0.29, 0.717) is 29.5 Å². The predicted molar refractivity (Wildman–Crippen MR) is 99.4 cm³/mol. The lowest BCUT2D eigenvalue weighted by Crippen LogP contribution is -2.35. The minimum Gasteiger partial charge on any atom is -0.361 e. The molecular formula is C19H19F2N3O2S. The van der Waals surface area contributed by atoms with E-state index in [-0.39, 0.29) is 12.5 Å². The molecule has 4 unspecified atom stereocenters. The fourth-order valence-electron chi connectivity index (χ4n) is 3.86. The molecule has 2 N–H and O–H groups in total. The zero-order valence-corrected chi connectivity index (χ0v) is 15.3. The Morgan fingerprint density at radius 3 is 2.67 bits per heavy atom. The number of amides is 2. The van der Waals surface area contributed by atoms with E-state index in [1.54, 1.807) is 0 Å². The van der Waals surface area contributed by atoms with Crippen LogP contribution in [-0.2, 0) is 4.79 Å². The van der Waals surface area contributed by atoms with E-state index in [0.717, 1.165) is 25.0 Å². The minimum absolute atomic E-state index is 0.135. The Balaban J connectivity index is 1.26. The summed E-state index contributed by atoms with van der Waals surface area (Å²) < 4.78 is 27.2. The Labute approximate surface area is 159 Å². The van der Waals surface area contributed by atoms with E-state index in [1.807, 2.05) is 0 Å². The second-order valence-electron chi connectivity index (χ2n) is 7.03. The SMILES string of the molecule is O=C(NCCC1SC(NC2CC3C=CC2C3)=NC1=O)c1c(F)cccc1F. The number of nitrogens with zero attached hydrogens (tertiary/aromatic N) is 1. The molecule has 1 aromatic carbocycles. The van der Waals surface area contributed by atoms with Gasteiger partial charge in [0.1, 0.15) is 17.2 Å². The number of fused-ring (bicyclic) bond motifs is 2. The molecule has 2 bridgehead atoms. The van der Waals surface area contributed by atoms with Gasteiger partial charge in [-0.05, 0) is 43.2 Å². The van der Waals surface area contributed by atoms with Gasteiger partial charge in [-0.25, -0.2) is 8.78 Å². The van der Waals surface area contributed by atoms with Crippen LogP contribution in [-0.4, -0.2) is 34.8 Å². The van der Waals surface area contributed by atoms with Crippen LogP contribution in [0.5, 0.6) is 0 Å². The van der Waals surface area contributed by atoms with Gasteiger partial charge >= 0.3 is 0 Å². The van der Waals surface area contributed by atoms with Crippen molar-refractivity contribution in [3.8, 4) is 0 Å². The zero-order valence-electron chi connectivity index (χ0n) is 14.5. The van der Waals surface area contributed by atoms with Crippen molar-refractivity contribution in [3.05, 3.63) is 47.5 Å². The van der Waals surface area contributed by atoms with Crippen molar-refractivity contribution >= 4 is 28.7 Å². The number of aliphatic imine (C=N–C) groups is 1. The summed E-state index contributed by atoms with van der Waals surface area (Å²) in [7, 11) is 0. The minimum atomic E-state index is -0.909. The number of allylic oxidation sites excluding steroid dienone is 1. The van der Waals surface area contributed by atoms with Crippen LogP contribution in [0.2, 0.25) is 0 Å². The Hall–Kier alpha value is -2.22. The van der Waals surface area contributed by atoms with Crippen molar-refractivity contribution in [3.63, 3.8) is 0 Å². The molecular weight excluding hydrogens is 372 g/mol. The van der Waals surface area contributed by atoms with Crippen molar-refractivity contribution in [2.45, 2.75) is 30.6 Å². The average Bonchev–Trinajstić information content (AvgIpc) is 3.31. The summed E-state index contributed by atoms with van der Waals surface area (Å²) in [5, 5.41) is 6.07. The number of carbonyl (C=O) groups excluding carboxylic acids is 2. The summed E-state index contributed by atoms with van der Waals surface area (Å²) in [6.45, 7) is 0.135. The first-order chi connectivity index (χ1) is 13.0. The summed E-state index contributed by atoms with van der Waals surface area (Å²) in [5.41, 5.74) is -0.606. The number of thioether (sulfide) groups is 1. The van der Waals surface area contributed by atoms with Crippen LogP contribution in [0.15, 0.2) is 35.3 Å². The van der Waals surface area contributed by atoms with Gasteiger partial charge in [-0.1, -0.05) is 30.0 Å². The van der Waals surface area contributed by atoms with Crippen molar-refractivity contribution in [1.29, 1.82) is 0 Å². The Morgan fingerprint density at radius 1 is 1.22 bits per heavy atom. The standard InChI is InChI=1S/C19H19F2N3O2S/c20-12-2-1-3-13(21)16(12)18(26)22-7-6-15-17(25)24-19(27-15)23-14-9-10-4-5-11(14)8-10/h1-5,10-11,14-15H,6-9H2,(H,22,26)(H,23,24,25). The molecule has 1 aromatic rings. The van der Waals surface area contributed by atoms with Crippen LogP contribution in [0, 0.1) is 23.5 Å². The van der Waals surface area contributed by atoms with Gasteiger partial charge in [-0.2, -0.15) is 4.99 Å². The van der Waals surface area contributed by atoms with E-state index in [4.69, 9.17) is 0 Å². The topological polar surface area (TPSA) is 70.6 Å². The first kappa shape index (κ1) is 18.2. The molecule has 27 heavy (non-hydrogen) atoms. The van der Waals surface area contributed by atoms with Crippen LogP contribution in [0.4, 0.5) is 8.78 Å². The maximum Gasteiger partial charge on any atom is 0.261 e. The quantitative estimate of drug-likeness (QED) is 0.757. The molecule has 0 saturated heterocycles. The number of amidine groups is 1. The molecule has 142 valence electrons. The van der Waals surface area contributed by atoms with Crippen molar-refractivity contribution in [2.24, 2.45) is 16.8 Å². The highest BCUT2D eigenvalue weighted by atomic mass is 32.2. The van der Waals surface area contributed by atoms with Gasteiger partial charge in [0.2, 0.25) is 0 Å². The summed E-state index contributed by atoms with van der Waals surface area (Å²) in [6, 6.07) is 3.59. The fourth-order valence-corrected chi connectivity index (χ4v) is 4.88. The largest absolute Gasteiger partial charge is 0.361 e.